The molecular formula is C47H29N3O2. The van der Waals surface area contributed by atoms with E-state index in [2.05, 4.69) is 97.1 Å². The van der Waals surface area contributed by atoms with Gasteiger partial charge in [0.1, 0.15) is 22.5 Å². The van der Waals surface area contributed by atoms with Crippen LogP contribution in [0.15, 0.2) is 154 Å². The van der Waals surface area contributed by atoms with Gasteiger partial charge >= 0.3 is 0 Å². The molecule has 244 valence electrons. The highest BCUT2D eigenvalue weighted by molar-refractivity contribution is 6.19. The molecule has 3 heterocycles. The van der Waals surface area contributed by atoms with Crippen molar-refractivity contribution in [2.45, 2.75) is 12.8 Å². The summed E-state index contributed by atoms with van der Waals surface area (Å²) < 4.78 is 13.0. The first-order valence-corrected chi connectivity index (χ1v) is 17.7. The zero-order valence-electron chi connectivity index (χ0n) is 28.0. The first kappa shape index (κ1) is 28.9. The second-order valence-corrected chi connectivity index (χ2v) is 13.4. The van der Waals surface area contributed by atoms with Crippen molar-refractivity contribution in [3.63, 3.8) is 0 Å². The Hall–Kier alpha value is -6.85. The summed E-state index contributed by atoms with van der Waals surface area (Å²) in [5.74, 6) is 2.93. The number of hydrogen-bond acceptors (Lipinski definition) is 5. The van der Waals surface area contributed by atoms with Crippen molar-refractivity contribution in [3.05, 3.63) is 163 Å². The summed E-state index contributed by atoms with van der Waals surface area (Å²) >= 11 is 0. The predicted molar refractivity (Wildman–Crippen MR) is 211 cm³/mol. The number of nitrogens with zero attached hydrogens (tertiary/aromatic N) is 3. The molecule has 10 aromatic rings. The van der Waals surface area contributed by atoms with Crippen LogP contribution in [0, 0.1) is 0 Å². The number of fused-ring (bicyclic) bond motifs is 9. The summed E-state index contributed by atoms with van der Waals surface area (Å²) in [5, 5.41) is 7.98. The molecule has 7 aromatic carbocycles. The van der Waals surface area contributed by atoms with Crippen LogP contribution < -0.4 is 0 Å². The van der Waals surface area contributed by atoms with Gasteiger partial charge in [-0.05, 0) is 63.4 Å². The smallest absolute Gasteiger partial charge is 0.164 e. The average molecular weight is 668 g/mol. The fraction of sp³-hybridized carbons (Fsp3) is 0.0426. The first-order valence-electron chi connectivity index (χ1n) is 17.7. The monoisotopic (exact) mass is 667 g/mol. The minimum absolute atomic E-state index is 0.613. The molecule has 0 amide bonds. The van der Waals surface area contributed by atoms with Gasteiger partial charge in [-0.15, -0.1) is 0 Å². The molecule has 0 atom stereocenters. The van der Waals surface area contributed by atoms with E-state index in [-0.39, 0.29) is 0 Å². The zero-order valence-corrected chi connectivity index (χ0v) is 28.0. The van der Waals surface area contributed by atoms with Crippen molar-refractivity contribution in [2.24, 2.45) is 0 Å². The summed E-state index contributed by atoms with van der Waals surface area (Å²) in [7, 11) is 0. The summed E-state index contributed by atoms with van der Waals surface area (Å²) in [4.78, 5) is 15.4. The van der Waals surface area contributed by atoms with Gasteiger partial charge in [0.15, 0.2) is 17.5 Å². The molecule has 52 heavy (non-hydrogen) atoms. The van der Waals surface area contributed by atoms with Gasteiger partial charge in [-0.1, -0.05) is 127 Å². The molecular weight excluding hydrogens is 639 g/mol. The first-order chi connectivity index (χ1) is 25.8. The number of aryl methyl sites for hydroxylation is 1. The molecule has 0 fully saturated rings. The van der Waals surface area contributed by atoms with Crippen LogP contribution >= 0.6 is 0 Å². The lowest BCUT2D eigenvalue weighted by atomic mass is 9.92. The van der Waals surface area contributed by atoms with Gasteiger partial charge < -0.3 is 8.83 Å². The second-order valence-electron chi connectivity index (χ2n) is 13.4. The number of benzene rings is 7. The topological polar surface area (TPSA) is 65.0 Å². The predicted octanol–water partition coefficient (Wildman–Crippen LogP) is 12.3. The molecule has 0 saturated heterocycles. The number of rotatable bonds is 4. The molecule has 1 aliphatic rings. The van der Waals surface area contributed by atoms with E-state index in [9.17, 15) is 0 Å². The minimum atomic E-state index is 0.613. The van der Waals surface area contributed by atoms with Gasteiger partial charge in [-0.3, -0.25) is 0 Å². The molecule has 0 saturated carbocycles. The molecule has 5 heteroatoms. The van der Waals surface area contributed by atoms with E-state index < -0.39 is 0 Å². The van der Waals surface area contributed by atoms with Gasteiger partial charge in [0, 0.05) is 44.8 Å². The normalized spacial score (nSPS) is 13.0. The summed E-state index contributed by atoms with van der Waals surface area (Å²) in [6, 6.07) is 50.5. The maximum absolute atomic E-state index is 6.80. The molecule has 0 bridgehead atoms. The molecule has 11 rings (SSSR count). The minimum Gasteiger partial charge on any atom is -0.460 e. The Morgan fingerprint density at radius 3 is 2.02 bits per heavy atom. The van der Waals surface area contributed by atoms with Gasteiger partial charge in [-0.2, -0.15) is 0 Å². The van der Waals surface area contributed by atoms with Gasteiger partial charge in [0.05, 0.1) is 0 Å². The van der Waals surface area contributed by atoms with Crippen LogP contribution in [0.2, 0.25) is 0 Å². The van der Waals surface area contributed by atoms with E-state index in [1.54, 1.807) is 0 Å². The van der Waals surface area contributed by atoms with Crippen molar-refractivity contribution in [2.75, 3.05) is 0 Å². The lowest BCUT2D eigenvalue weighted by Gasteiger charge is -2.14. The maximum Gasteiger partial charge on any atom is 0.164 e. The van der Waals surface area contributed by atoms with Crippen LogP contribution in [0.4, 0.5) is 0 Å². The Morgan fingerprint density at radius 2 is 1.12 bits per heavy atom. The quantitative estimate of drug-likeness (QED) is 0.175. The van der Waals surface area contributed by atoms with Gasteiger partial charge in [0.25, 0.3) is 0 Å². The van der Waals surface area contributed by atoms with Crippen LogP contribution in [0.3, 0.4) is 0 Å². The SMILES string of the molecule is C1=C(c2nc(-c3ccccc3)nc(-c3cccc4oc5c(-c6cc7ccccc7c7ccccc67)cccc5c34)n2)CCc2oc3ccccc3c21. The molecule has 1 aliphatic carbocycles. The van der Waals surface area contributed by atoms with Crippen molar-refractivity contribution in [3.8, 4) is 33.9 Å². The fourth-order valence-corrected chi connectivity index (χ4v) is 8.01. The summed E-state index contributed by atoms with van der Waals surface area (Å²) in [6.45, 7) is 0. The fourth-order valence-electron chi connectivity index (χ4n) is 8.01. The van der Waals surface area contributed by atoms with Gasteiger partial charge in [0.2, 0.25) is 0 Å². The van der Waals surface area contributed by atoms with Crippen molar-refractivity contribution in [1.82, 2.24) is 15.0 Å². The Labute approximate surface area is 298 Å². The Bertz CT molecular complexity index is 3080. The van der Waals surface area contributed by atoms with Crippen LogP contribution in [0.5, 0.6) is 0 Å². The molecule has 0 N–H and O–H groups in total. The van der Waals surface area contributed by atoms with Crippen molar-refractivity contribution >= 4 is 66.1 Å². The number of furan rings is 2. The standard InChI is InChI=1S/C47H29N3O2/c1-2-12-28(13-3-1)45-48-46(30-24-25-41-39(27-30)34-18-8-9-22-40(34)51-41)50-47(49-45)37-21-11-23-42-43(37)36-20-10-19-35(44(36)52-42)38-26-29-14-4-5-15-31(29)32-16-6-7-17-33(32)38/h1-23,26-27H,24-25H2. The Kier molecular flexibility index (Phi) is 6.31. The third-order valence-corrected chi connectivity index (χ3v) is 10.4. The highest BCUT2D eigenvalue weighted by atomic mass is 16.3. The summed E-state index contributed by atoms with van der Waals surface area (Å²) in [5.41, 5.74) is 8.75. The molecule has 0 spiro atoms. The van der Waals surface area contributed by atoms with Crippen LogP contribution in [0.1, 0.15) is 23.6 Å². The Balaban J connectivity index is 1.14. The zero-order chi connectivity index (χ0) is 34.2. The molecule has 0 aliphatic heterocycles. The highest BCUT2D eigenvalue weighted by Crippen LogP contribution is 2.43. The van der Waals surface area contributed by atoms with Crippen molar-refractivity contribution in [1.29, 1.82) is 0 Å². The lowest BCUT2D eigenvalue weighted by Crippen LogP contribution is -2.05. The van der Waals surface area contributed by atoms with E-state index in [1.165, 1.54) is 21.5 Å². The van der Waals surface area contributed by atoms with Crippen LogP contribution in [-0.2, 0) is 6.42 Å². The Morgan fingerprint density at radius 1 is 0.442 bits per heavy atom. The molecule has 5 nitrogen and oxygen atoms in total. The van der Waals surface area contributed by atoms with E-state index in [1.807, 2.05) is 54.6 Å². The molecule has 0 radical (unpaired) electrons. The largest absolute Gasteiger partial charge is 0.460 e. The molecule has 3 aromatic heterocycles. The van der Waals surface area contributed by atoms with E-state index in [4.69, 9.17) is 23.8 Å². The van der Waals surface area contributed by atoms with Crippen molar-refractivity contribution < 1.29 is 8.83 Å². The van der Waals surface area contributed by atoms with E-state index in [0.29, 0.717) is 17.5 Å². The van der Waals surface area contributed by atoms with E-state index >= 15 is 0 Å². The lowest BCUT2D eigenvalue weighted by molar-refractivity contribution is 0.547. The second kappa shape index (κ2) is 11.3. The number of allylic oxidation sites excluding steroid dienone is 1. The number of para-hydroxylation sites is 2. The molecule has 0 unspecified atom stereocenters. The number of hydrogen-bond donors (Lipinski definition) is 0. The van der Waals surface area contributed by atoms with Crippen LogP contribution in [-0.4, -0.2) is 15.0 Å². The maximum atomic E-state index is 6.80. The average Bonchev–Trinajstić information content (AvgIpc) is 3.79. The van der Waals surface area contributed by atoms with Crippen LogP contribution in [0.25, 0.3) is 100 Å². The van der Waals surface area contributed by atoms with Gasteiger partial charge in [-0.25, -0.2) is 15.0 Å². The third kappa shape index (κ3) is 4.46. The number of aromatic nitrogens is 3. The summed E-state index contributed by atoms with van der Waals surface area (Å²) in [6.07, 6.45) is 3.75. The highest BCUT2D eigenvalue weighted by Gasteiger charge is 2.24. The third-order valence-electron chi connectivity index (χ3n) is 10.4. The van der Waals surface area contributed by atoms with E-state index in [0.717, 1.165) is 84.9 Å².